The molecule has 12 aromatic rings. The standard InChI is InChI=1S/C95H88O16/c1-3-98-66(2)107-94-91-86(106-65-74-43-26-11-27-44-74)55-78(100-59-68-31-14-5-15-32-68)56-87(91)110-93(76-48-50-81(102-61-70-35-18-7-19-36-70)85(52-76)105-64-73-41-24-10-25-42-73)95(94)111-90(97)46-28-45-89(96)108-88-57-79-82(103-62-71-37-20-8-21-38-71)53-77(99-58-67-29-12-4-13-30-67)54-83(79)109-92(88)75-47-49-80(101-60-69-33-16-6-17-34-69)84(51-75)104-63-72-39-22-9-23-40-72/h4-27,29-44,47-56,66,88,92-95H,3,28,45-46,57-65H2,1-2H3/t66?,88-,92+,93+,94-,95+/m0/s1. The summed E-state index contributed by atoms with van der Waals surface area (Å²) in [6.07, 6.45) is -6.28. The Morgan fingerprint density at radius 3 is 1.12 bits per heavy atom. The van der Waals surface area contributed by atoms with Crippen molar-refractivity contribution in [3.63, 3.8) is 0 Å². The molecule has 0 bridgehead atoms. The molecule has 0 spiro atoms. The largest absolute Gasteiger partial charge is 0.489 e. The van der Waals surface area contributed by atoms with Gasteiger partial charge in [-0.1, -0.05) is 255 Å². The lowest BCUT2D eigenvalue weighted by atomic mass is 9.90. The minimum Gasteiger partial charge on any atom is -0.489 e. The molecule has 16 heteroatoms. The molecule has 1 unspecified atom stereocenters. The van der Waals surface area contributed by atoms with Gasteiger partial charge >= 0.3 is 11.9 Å². The molecule has 12 aromatic carbocycles. The van der Waals surface area contributed by atoms with Gasteiger partial charge in [0.25, 0.3) is 0 Å². The summed E-state index contributed by atoms with van der Waals surface area (Å²) in [5.41, 5.74) is 9.96. The van der Waals surface area contributed by atoms with E-state index in [1.165, 1.54) is 0 Å². The van der Waals surface area contributed by atoms with Crippen LogP contribution in [0.15, 0.2) is 303 Å². The van der Waals surface area contributed by atoms with E-state index in [9.17, 15) is 4.79 Å². The maximum absolute atomic E-state index is 15.2. The monoisotopic (exact) mass is 1480 g/mol. The smallest absolute Gasteiger partial charge is 0.306 e. The lowest BCUT2D eigenvalue weighted by molar-refractivity contribution is -0.214. The first-order valence-electron chi connectivity index (χ1n) is 37.6. The Hall–Kier alpha value is -12.5. The summed E-state index contributed by atoms with van der Waals surface area (Å²) in [6.45, 7) is 5.92. The van der Waals surface area contributed by atoms with Gasteiger partial charge in [0, 0.05) is 66.8 Å². The molecule has 0 saturated heterocycles. The first-order chi connectivity index (χ1) is 54.7. The molecule has 0 saturated carbocycles. The average Bonchev–Trinajstić information content (AvgIpc) is 0.751. The summed E-state index contributed by atoms with van der Waals surface area (Å²) in [7, 11) is 0. The second kappa shape index (κ2) is 38.0. The van der Waals surface area contributed by atoms with Gasteiger partial charge in [0.05, 0.1) is 5.56 Å². The summed E-state index contributed by atoms with van der Waals surface area (Å²) in [4.78, 5) is 30.1. The molecule has 2 aliphatic rings. The van der Waals surface area contributed by atoms with E-state index >= 15 is 4.79 Å². The topological polar surface area (TPSA) is 163 Å². The van der Waals surface area contributed by atoms with Crippen LogP contribution in [0.4, 0.5) is 0 Å². The lowest BCUT2D eigenvalue weighted by Gasteiger charge is -2.40. The highest BCUT2D eigenvalue weighted by atomic mass is 16.7. The Bertz CT molecular complexity index is 4920. The van der Waals surface area contributed by atoms with E-state index in [1.54, 1.807) is 6.92 Å². The van der Waals surface area contributed by atoms with Crippen LogP contribution in [0.2, 0.25) is 0 Å². The van der Waals surface area contributed by atoms with Crippen molar-refractivity contribution >= 4 is 11.9 Å². The third-order valence-corrected chi connectivity index (χ3v) is 18.9. The van der Waals surface area contributed by atoms with Crippen LogP contribution in [0.25, 0.3) is 0 Å². The lowest BCUT2D eigenvalue weighted by Crippen LogP contribution is -2.41. The molecule has 111 heavy (non-hydrogen) atoms. The van der Waals surface area contributed by atoms with Gasteiger partial charge in [0.1, 0.15) is 99.6 Å². The van der Waals surface area contributed by atoms with Crippen LogP contribution in [-0.4, -0.2) is 37.0 Å². The first-order valence-corrected chi connectivity index (χ1v) is 37.6. The zero-order valence-corrected chi connectivity index (χ0v) is 62.1. The van der Waals surface area contributed by atoms with Crippen molar-refractivity contribution in [1.82, 2.24) is 0 Å². The fourth-order valence-electron chi connectivity index (χ4n) is 13.3. The third-order valence-electron chi connectivity index (χ3n) is 18.9. The molecule has 6 atom stereocenters. The molecule has 564 valence electrons. The van der Waals surface area contributed by atoms with E-state index in [2.05, 4.69) is 0 Å². The predicted octanol–water partition coefficient (Wildman–Crippen LogP) is 20.3. The average molecular weight is 1490 g/mol. The number of carbonyl (C=O) groups is 2. The number of rotatable bonds is 36. The summed E-state index contributed by atoms with van der Waals surface area (Å²) in [6, 6.07) is 97.5. The summed E-state index contributed by atoms with van der Waals surface area (Å²) in [5.74, 6) is 3.33. The Balaban J connectivity index is 0.782. The van der Waals surface area contributed by atoms with Gasteiger partial charge < -0.3 is 66.3 Å². The van der Waals surface area contributed by atoms with E-state index in [0.717, 1.165) is 44.5 Å². The number of benzene rings is 12. The first kappa shape index (κ1) is 75.3. The maximum atomic E-state index is 15.2. The number of esters is 2. The Morgan fingerprint density at radius 1 is 0.360 bits per heavy atom. The predicted molar refractivity (Wildman–Crippen MR) is 421 cm³/mol. The Labute approximate surface area is 647 Å². The zero-order chi connectivity index (χ0) is 75.8. The van der Waals surface area contributed by atoms with E-state index < -0.39 is 48.7 Å². The molecule has 14 rings (SSSR count). The highest BCUT2D eigenvalue weighted by molar-refractivity contribution is 5.73. The van der Waals surface area contributed by atoms with Crippen LogP contribution < -0.4 is 47.4 Å². The van der Waals surface area contributed by atoms with E-state index in [1.807, 2.05) is 310 Å². The fraction of sp³-hybridized carbons (Fsp3) is 0.221. The highest BCUT2D eigenvalue weighted by Crippen LogP contribution is 2.52. The van der Waals surface area contributed by atoms with Crippen LogP contribution >= 0.6 is 0 Å². The third kappa shape index (κ3) is 20.9. The van der Waals surface area contributed by atoms with Crippen LogP contribution in [-0.2, 0) is 87.8 Å². The summed E-state index contributed by atoms with van der Waals surface area (Å²) in [5, 5.41) is 0. The van der Waals surface area contributed by atoms with Gasteiger partial charge in [0.15, 0.2) is 47.6 Å². The number of ether oxygens (including phenoxy) is 14. The molecule has 0 N–H and O–H groups in total. The van der Waals surface area contributed by atoms with Crippen molar-refractivity contribution < 1.29 is 75.9 Å². The van der Waals surface area contributed by atoms with Gasteiger partial charge in [-0.25, -0.2) is 0 Å². The fourth-order valence-corrected chi connectivity index (χ4v) is 13.3. The molecule has 16 nitrogen and oxygen atoms in total. The van der Waals surface area contributed by atoms with Gasteiger partial charge in [-0.3, -0.25) is 9.59 Å². The van der Waals surface area contributed by atoms with Crippen LogP contribution in [0, 0.1) is 0 Å². The molecule has 2 aliphatic heterocycles. The van der Waals surface area contributed by atoms with E-state index in [0.29, 0.717) is 86.4 Å². The van der Waals surface area contributed by atoms with E-state index in [4.69, 9.17) is 66.3 Å². The normalized spacial score (nSPS) is 15.7. The number of fused-ring (bicyclic) bond motifs is 2. The molecule has 0 radical (unpaired) electrons. The minimum absolute atomic E-state index is 0.0269. The Kier molecular flexibility index (Phi) is 25.8. The van der Waals surface area contributed by atoms with Crippen LogP contribution in [0.1, 0.15) is 118 Å². The van der Waals surface area contributed by atoms with Crippen molar-refractivity contribution in [2.75, 3.05) is 6.61 Å². The minimum atomic E-state index is -1.23. The number of carbonyl (C=O) groups excluding carboxylic acids is 2. The van der Waals surface area contributed by atoms with Crippen molar-refractivity contribution in [2.24, 2.45) is 0 Å². The second-order valence-electron chi connectivity index (χ2n) is 27.0. The quantitative estimate of drug-likeness (QED) is 0.0269. The van der Waals surface area contributed by atoms with Crippen molar-refractivity contribution in [2.45, 2.75) is 129 Å². The number of hydrogen-bond acceptors (Lipinski definition) is 16. The van der Waals surface area contributed by atoms with Crippen molar-refractivity contribution in [3.8, 4) is 57.5 Å². The van der Waals surface area contributed by atoms with Gasteiger partial charge in [-0.05, 0) is 89.0 Å². The highest BCUT2D eigenvalue weighted by Gasteiger charge is 2.47. The van der Waals surface area contributed by atoms with Gasteiger partial charge in [0.2, 0.25) is 0 Å². The molecule has 0 fully saturated rings. The van der Waals surface area contributed by atoms with Crippen molar-refractivity contribution in [3.05, 3.63) is 370 Å². The number of hydrogen-bond donors (Lipinski definition) is 0. The summed E-state index contributed by atoms with van der Waals surface area (Å²) < 4.78 is 94.0. The molecular formula is C95H88O16. The van der Waals surface area contributed by atoms with Gasteiger partial charge in [-0.15, -0.1) is 0 Å². The maximum Gasteiger partial charge on any atom is 0.306 e. The zero-order valence-electron chi connectivity index (χ0n) is 62.1. The SMILES string of the molecule is CCOC(C)O[C@H]1c2c(OCc3ccccc3)cc(OCc3ccccc3)cc2O[C@H](c2ccc(OCc3ccccc3)c(OCc3ccccc3)c2)[C@H]1OC(=O)CCCC(=O)O[C@H]1Cc2c(OCc3ccccc3)cc(OCc3ccccc3)cc2O[C@@H]1c1ccc(OCc2ccccc2)c(OCc2ccccc2)c1. The van der Waals surface area contributed by atoms with Crippen molar-refractivity contribution in [1.29, 1.82) is 0 Å². The molecule has 0 aromatic heterocycles. The van der Waals surface area contributed by atoms with E-state index in [-0.39, 0.29) is 78.5 Å². The molecule has 0 aliphatic carbocycles. The summed E-state index contributed by atoms with van der Waals surface area (Å²) >= 11 is 0. The molecule has 0 amide bonds. The molecule has 2 heterocycles. The molecular weight excluding hydrogens is 1400 g/mol. The Morgan fingerprint density at radius 2 is 0.703 bits per heavy atom. The van der Waals surface area contributed by atoms with Gasteiger partial charge in [-0.2, -0.15) is 0 Å². The van der Waals surface area contributed by atoms with Crippen LogP contribution in [0.5, 0.6) is 57.5 Å². The second-order valence-corrected chi connectivity index (χ2v) is 27.0. The van der Waals surface area contributed by atoms with Crippen LogP contribution in [0.3, 0.4) is 0 Å².